The maximum Gasteiger partial charge on any atom is 0.179 e. The summed E-state index contributed by atoms with van der Waals surface area (Å²) in [4.78, 5) is 17.7. The van der Waals surface area contributed by atoms with Crippen LogP contribution in [0, 0.1) is 6.92 Å². The van der Waals surface area contributed by atoms with E-state index in [0.29, 0.717) is 6.42 Å². The van der Waals surface area contributed by atoms with Crippen molar-refractivity contribution in [3.05, 3.63) is 36.9 Å². The molecule has 0 N–H and O–H groups in total. The molecule has 0 amide bonds. The molecule has 2 aromatic heterocycles. The van der Waals surface area contributed by atoms with Crippen molar-refractivity contribution in [2.45, 2.75) is 13.3 Å². The van der Waals surface area contributed by atoms with Gasteiger partial charge in [-0.15, -0.1) is 22.7 Å². The lowest BCUT2D eigenvalue weighted by Gasteiger charge is -1.92. The summed E-state index contributed by atoms with van der Waals surface area (Å²) in [5, 5.41) is 2.92. The minimum absolute atomic E-state index is 0.148. The van der Waals surface area contributed by atoms with Gasteiger partial charge in [-0.05, 0) is 28.9 Å². The van der Waals surface area contributed by atoms with E-state index in [1.807, 2.05) is 18.4 Å². The Morgan fingerprint density at radius 1 is 1.60 bits per heavy atom. The van der Waals surface area contributed by atoms with E-state index in [4.69, 9.17) is 0 Å². The zero-order chi connectivity index (χ0) is 10.8. The van der Waals surface area contributed by atoms with E-state index in [1.165, 1.54) is 11.3 Å². The van der Waals surface area contributed by atoms with Gasteiger partial charge in [0.2, 0.25) is 0 Å². The Morgan fingerprint density at radius 3 is 2.93 bits per heavy atom. The number of carbonyl (C=O) groups is 1. The molecule has 0 spiro atoms. The van der Waals surface area contributed by atoms with Gasteiger partial charge in [0.15, 0.2) is 5.78 Å². The van der Waals surface area contributed by atoms with Gasteiger partial charge in [0.1, 0.15) is 0 Å². The molecule has 0 fully saturated rings. The Bertz CT molecular complexity index is 489. The van der Waals surface area contributed by atoms with Gasteiger partial charge in [0.05, 0.1) is 9.88 Å². The van der Waals surface area contributed by atoms with Crippen LogP contribution in [0.25, 0.3) is 0 Å². The van der Waals surface area contributed by atoms with Crippen molar-refractivity contribution in [1.82, 2.24) is 4.98 Å². The van der Waals surface area contributed by atoms with Crippen LogP contribution < -0.4 is 0 Å². The molecule has 0 aliphatic rings. The van der Waals surface area contributed by atoms with Crippen LogP contribution >= 0.6 is 38.6 Å². The van der Waals surface area contributed by atoms with Crippen molar-refractivity contribution in [1.29, 1.82) is 0 Å². The number of rotatable bonds is 3. The van der Waals surface area contributed by atoms with E-state index in [2.05, 4.69) is 20.9 Å². The summed E-state index contributed by atoms with van der Waals surface area (Å²) in [6, 6.07) is 1.98. The van der Waals surface area contributed by atoms with Crippen molar-refractivity contribution >= 4 is 44.4 Å². The zero-order valence-corrected chi connectivity index (χ0v) is 11.2. The first-order valence-corrected chi connectivity index (χ1v) is 6.82. The van der Waals surface area contributed by atoms with E-state index >= 15 is 0 Å². The van der Waals surface area contributed by atoms with Crippen LogP contribution in [-0.4, -0.2) is 10.8 Å². The normalized spacial score (nSPS) is 10.5. The van der Waals surface area contributed by atoms with E-state index in [0.717, 1.165) is 19.2 Å². The molecule has 0 bridgehead atoms. The van der Waals surface area contributed by atoms with Crippen molar-refractivity contribution in [2.75, 3.05) is 0 Å². The van der Waals surface area contributed by atoms with Crippen molar-refractivity contribution in [3.63, 3.8) is 0 Å². The second-order valence-corrected chi connectivity index (χ2v) is 6.22. The van der Waals surface area contributed by atoms with Crippen LogP contribution in [0.3, 0.4) is 0 Å². The van der Waals surface area contributed by atoms with Crippen molar-refractivity contribution in [3.8, 4) is 0 Å². The summed E-state index contributed by atoms with van der Waals surface area (Å²) in [6.45, 7) is 1.91. The highest BCUT2D eigenvalue weighted by atomic mass is 79.9. The molecule has 15 heavy (non-hydrogen) atoms. The Hall–Kier alpha value is -0.520. The van der Waals surface area contributed by atoms with Gasteiger partial charge < -0.3 is 0 Å². The van der Waals surface area contributed by atoms with Gasteiger partial charge in [0, 0.05) is 27.3 Å². The Morgan fingerprint density at radius 2 is 2.40 bits per heavy atom. The molecule has 0 aliphatic heterocycles. The average Bonchev–Trinajstić information content (AvgIpc) is 2.75. The number of hydrogen-bond donors (Lipinski definition) is 0. The summed E-state index contributed by atoms with van der Waals surface area (Å²) in [5.41, 5.74) is 0. The summed E-state index contributed by atoms with van der Waals surface area (Å²) in [6.07, 6.45) is 2.13. The van der Waals surface area contributed by atoms with Gasteiger partial charge >= 0.3 is 0 Å². The topological polar surface area (TPSA) is 30.0 Å². The fourth-order valence-electron chi connectivity index (χ4n) is 1.18. The van der Waals surface area contributed by atoms with E-state index in [9.17, 15) is 4.79 Å². The van der Waals surface area contributed by atoms with Crippen LogP contribution in [0.2, 0.25) is 0 Å². The number of thiophene rings is 1. The quantitative estimate of drug-likeness (QED) is 0.809. The Balaban J connectivity index is 2.10. The van der Waals surface area contributed by atoms with Crippen LogP contribution in [0.15, 0.2) is 22.1 Å². The molecule has 2 nitrogen and oxygen atoms in total. The number of carbonyl (C=O) groups excluding carboxylic acids is 1. The highest BCUT2D eigenvalue weighted by molar-refractivity contribution is 9.10. The minimum Gasteiger partial charge on any atom is -0.293 e. The largest absolute Gasteiger partial charge is 0.293 e. The van der Waals surface area contributed by atoms with Crippen LogP contribution in [0.1, 0.15) is 19.6 Å². The smallest absolute Gasteiger partial charge is 0.179 e. The lowest BCUT2D eigenvalue weighted by molar-refractivity contribution is 0.0997. The number of halogens is 1. The van der Waals surface area contributed by atoms with Gasteiger partial charge in [-0.1, -0.05) is 0 Å². The van der Waals surface area contributed by atoms with E-state index in [1.54, 1.807) is 17.5 Å². The number of thiazole rings is 1. The molecule has 2 rings (SSSR count). The number of nitrogens with zero attached hydrogens (tertiary/aromatic N) is 1. The summed E-state index contributed by atoms with van der Waals surface area (Å²) in [7, 11) is 0. The van der Waals surface area contributed by atoms with Crippen LogP contribution in [-0.2, 0) is 6.42 Å². The standard InChI is InChI=1S/C10H8BrNOS2/c1-6-12-4-10(15-6)9(13)3-8-2-7(11)5-14-8/h2,4-5H,3H2,1H3. The third kappa shape index (κ3) is 2.74. The van der Waals surface area contributed by atoms with Crippen molar-refractivity contribution in [2.24, 2.45) is 0 Å². The highest BCUT2D eigenvalue weighted by Gasteiger charge is 2.11. The summed E-state index contributed by atoms with van der Waals surface area (Å²) >= 11 is 6.42. The Labute approximate surface area is 104 Å². The van der Waals surface area contributed by atoms with E-state index in [-0.39, 0.29) is 5.78 Å². The first kappa shape index (κ1) is 11.0. The number of Topliss-reactive ketones (excluding diaryl/α,β-unsaturated/α-hetero) is 1. The average molecular weight is 302 g/mol. The highest BCUT2D eigenvalue weighted by Crippen LogP contribution is 2.22. The monoisotopic (exact) mass is 301 g/mol. The predicted molar refractivity (Wildman–Crippen MR) is 66.9 cm³/mol. The fourth-order valence-corrected chi connectivity index (χ4v) is 3.35. The minimum atomic E-state index is 0.148. The molecule has 0 atom stereocenters. The molecule has 0 saturated carbocycles. The van der Waals surface area contributed by atoms with Crippen LogP contribution in [0.5, 0.6) is 0 Å². The molecule has 2 aromatic rings. The molecular weight excluding hydrogens is 294 g/mol. The molecule has 78 valence electrons. The molecule has 0 unspecified atom stereocenters. The number of hydrogen-bond acceptors (Lipinski definition) is 4. The molecule has 0 radical (unpaired) electrons. The molecule has 0 aliphatic carbocycles. The second-order valence-electron chi connectivity index (χ2n) is 3.07. The number of aryl methyl sites for hydroxylation is 1. The lowest BCUT2D eigenvalue weighted by Crippen LogP contribution is -1.98. The first-order valence-electron chi connectivity index (χ1n) is 4.33. The summed E-state index contributed by atoms with van der Waals surface area (Å²) < 4.78 is 1.04. The van der Waals surface area contributed by atoms with Gasteiger partial charge in [0.25, 0.3) is 0 Å². The molecule has 0 aromatic carbocycles. The summed E-state index contributed by atoms with van der Waals surface area (Å²) in [5.74, 6) is 0.148. The van der Waals surface area contributed by atoms with Gasteiger partial charge in [-0.3, -0.25) is 4.79 Å². The van der Waals surface area contributed by atoms with Gasteiger partial charge in [-0.2, -0.15) is 0 Å². The third-order valence-corrected chi connectivity index (χ3v) is 4.50. The second kappa shape index (κ2) is 4.55. The SMILES string of the molecule is Cc1ncc(C(=O)Cc2cc(Br)cs2)s1. The van der Waals surface area contributed by atoms with Crippen molar-refractivity contribution < 1.29 is 4.79 Å². The molecule has 0 saturated heterocycles. The zero-order valence-electron chi connectivity index (χ0n) is 7.99. The lowest BCUT2D eigenvalue weighted by atomic mass is 10.2. The fraction of sp³-hybridized carbons (Fsp3) is 0.200. The van der Waals surface area contributed by atoms with Crippen LogP contribution in [0.4, 0.5) is 0 Å². The third-order valence-electron chi connectivity index (χ3n) is 1.85. The molecule has 5 heteroatoms. The maximum absolute atomic E-state index is 11.8. The molecular formula is C10H8BrNOS2. The van der Waals surface area contributed by atoms with Gasteiger partial charge in [-0.25, -0.2) is 4.98 Å². The number of aromatic nitrogens is 1. The Kier molecular flexibility index (Phi) is 3.33. The maximum atomic E-state index is 11.8. The molecule has 2 heterocycles. The first-order chi connectivity index (χ1) is 7.15. The predicted octanol–water partition coefficient (Wildman–Crippen LogP) is 3.70. The number of ketones is 1. The van der Waals surface area contributed by atoms with E-state index < -0.39 is 0 Å².